The van der Waals surface area contributed by atoms with Gasteiger partial charge in [-0.3, -0.25) is 0 Å². The minimum atomic E-state index is -2.17. The molecule has 1 aromatic rings. The van der Waals surface area contributed by atoms with Gasteiger partial charge in [0, 0.05) is 0 Å². The highest BCUT2D eigenvalue weighted by Gasteiger charge is 2.41. The molecule has 1 aliphatic heterocycles. The van der Waals surface area contributed by atoms with Crippen LogP contribution in [0.3, 0.4) is 0 Å². The number of carbonyl (C=O) groups excluding carboxylic acids is 2. The molecule has 27 heavy (non-hydrogen) atoms. The highest BCUT2D eigenvalue weighted by molar-refractivity contribution is 6.04. The predicted octanol–water partition coefficient (Wildman–Crippen LogP) is 5.36. The van der Waals surface area contributed by atoms with Crippen LogP contribution in [0.2, 0.25) is 0 Å². The van der Waals surface area contributed by atoms with Gasteiger partial charge in [-0.15, -0.1) is 0 Å². The number of cyclic esters (lactones) is 2. The molecule has 1 aromatic carbocycles. The van der Waals surface area contributed by atoms with Crippen LogP contribution in [-0.4, -0.2) is 23.0 Å². The number of hydrogen-bond donors (Lipinski definition) is 1. The lowest BCUT2D eigenvalue weighted by Gasteiger charge is -2.24. The van der Waals surface area contributed by atoms with E-state index in [0.29, 0.717) is 6.42 Å². The van der Waals surface area contributed by atoms with Crippen molar-refractivity contribution >= 4 is 11.9 Å². The number of ether oxygens (including phenoxy) is 2. The van der Waals surface area contributed by atoms with Gasteiger partial charge in [0.2, 0.25) is 0 Å². The van der Waals surface area contributed by atoms with Crippen LogP contribution in [0.15, 0.2) is 24.3 Å². The molecule has 0 fully saturated rings. The van der Waals surface area contributed by atoms with Gasteiger partial charge >= 0.3 is 17.9 Å². The molecule has 150 valence electrons. The van der Waals surface area contributed by atoms with Gasteiger partial charge in [0.15, 0.2) is 0 Å². The van der Waals surface area contributed by atoms with Crippen molar-refractivity contribution in [1.82, 2.24) is 0 Å². The summed E-state index contributed by atoms with van der Waals surface area (Å²) in [7, 11) is 0. The van der Waals surface area contributed by atoms with E-state index in [0.717, 1.165) is 19.3 Å². The van der Waals surface area contributed by atoms with Crippen LogP contribution in [0, 0.1) is 0 Å². The Bertz CT molecular complexity index is 573. The van der Waals surface area contributed by atoms with Crippen LogP contribution in [0.1, 0.15) is 105 Å². The number of benzene rings is 1. The highest BCUT2D eigenvalue weighted by Crippen LogP contribution is 2.27. The first-order chi connectivity index (χ1) is 13.1. The van der Waals surface area contributed by atoms with Gasteiger partial charge in [-0.2, -0.15) is 0 Å². The first kappa shape index (κ1) is 21.4. The van der Waals surface area contributed by atoms with Gasteiger partial charge < -0.3 is 14.6 Å². The van der Waals surface area contributed by atoms with E-state index >= 15 is 0 Å². The molecule has 5 heteroatoms. The third kappa shape index (κ3) is 6.98. The summed E-state index contributed by atoms with van der Waals surface area (Å²) in [5.41, 5.74) is 0.245. The Morgan fingerprint density at radius 2 is 1.15 bits per heavy atom. The zero-order chi connectivity index (χ0) is 19.5. The summed E-state index contributed by atoms with van der Waals surface area (Å²) in [6.45, 7) is 2.23. The van der Waals surface area contributed by atoms with Crippen LogP contribution in [0.25, 0.3) is 0 Å². The SMILES string of the molecule is CCCCCCCCCCCCCC1(O)OC(=O)c2ccccc2C(=O)O1. The Balaban J connectivity index is 1.65. The second kappa shape index (κ2) is 11.1. The summed E-state index contributed by atoms with van der Waals surface area (Å²) in [5.74, 6) is -3.64. The molecule has 1 N–H and O–H groups in total. The standard InChI is InChI=1S/C22H32O5/c1-2-3-4-5-6-7-8-9-10-11-14-17-22(25)26-20(23)18-15-12-13-16-19(18)21(24)27-22/h12-13,15-16,25H,2-11,14,17H2,1H3. The van der Waals surface area contributed by atoms with Crippen molar-refractivity contribution < 1.29 is 24.2 Å². The number of carbonyl (C=O) groups is 2. The van der Waals surface area contributed by atoms with Crippen molar-refractivity contribution in [2.75, 3.05) is 0 Å². The molecule has 0 spiro atoms. The fraction of sp³-hybridized carbons (Fsp3) is 0.636. The van der Waals surface area contributed by atoms with E-state index in [1.807, 2.05) is 0 Å². The van der Waals surface area contributed by atoms with Gasteiger partial charge in [-0.05, 0) is 18.6 Å². The third-order valence-corrected chi connectivity index (χ3v) is 4.97. The Morgan fingerprint density at radius 1 is 0.741 bits per heavy atom. The fourth-order valence-corrected chi connectivity index (χ4v) is 3.37. The quantitative estimate of drug-likeness (QED) is 0.393. The van der Waals surface area contributed by atoms with E-state index in [1.165, 1.54) is 57.1 Å². The average Bonchev–Trinajstić information content (AvgIpc) is 2.74. The number of unbranched alkanes of at least 4 members (excludes halogenated alkanes) is 10. The van der Waals surface area contributed by atoms with Crippen LogP contribution in [0.5, 0.6) is 0 Å². The Labute approximate surface area is 162 Å². The van der Waals surface area contributed by atoms with Gasteiger partial charge in [0.05, 0.1) is 17.5 Å². The maximum atomic E-state index is 12.2. The van der Waals surface area contributed by atoms with Crippen molar-refractivity contribution in [3.63, 3.8) is 0 Å². The van der Waals surface area contributed by atoms with Crippen molar-refractivity contribution in [1.29, 1.82) is 0 Å². The molecule has 0 aromatic heterocycles. The van der Waals surface area contributed by atoms with Crippen LogP contribution in [-0.2, 0) is 9.47 Å². The monoisotopic (exact) mass is 376 g/mol. The molecule has 0 aliphatic carbocycles. The maximum absolute atomic E-state index is 12.2. The summed E-state index contributed by atoms with van der Waals surface area (Å²) < 4.78 is 10.1. The molecule has 0 saturated heterocycles. The number of esters is 2. The summed E-state index contributed by atoms with van der Waals surface area (Å²) in [5, 5.41) is 10.4. The first-order valence-electron chi connectivity index (χ1n) is 10.3. The number of hydrogen-bond acceptors (Lipinski definition) is 5. The topological polar surface area (TPSA) is 72.8 Å². The van der Waals surface area contributed by atoms with E-state index in [1.54, 1.807) is 12.1 Å². The molecule has 1 heterocycles. The van der Waals surface area contributed by atoms with Crippen molar-refractivity contribution in [2.45, 2.75) is 89.9 Å². The van der Waals surface area contributed by atoms with Crippen LogP contribution < -0.4 is 0 Å². The lowest BCUT2D eigenvalue weighted by molar-refractivity contribution is -0.306. The molecule has 0 bridgehead atoms. The fourth-order valence-electron chi connectivity index (χ4n) is 3.37. The largest absolute Gasteiger partial charge is 0.394 e. The van der Waals surface area contributed by atoms with Gasteiger partial charge in [0.25, 0.3) is 0 Å². The van der Waals surface area contributed by atoms with Crippen molar-refractivity contribution in [3.8, 4) is 0 Å². The number of aliphatic hydroxyl groups is 1. The molecular weight excluding hydrogens is 344 g/mol. The summed E-state index contributed by atoms with van der Waals surface area (Å²) in [6.07, 6.45) is 13.0. The maximum Gasteiger partial charge on any atom is 0.373 e. The first-order valence-corrected chi connectivity index (χ1v) is 10.3. The van der Waals surface area contributed by atoms with E-state index in [-0.39, 0.29) is 17.5 Å². The number of fused-ring (bicyclic) bond motifs is 1. The molecular formula is C22H32O5. The normalized spacial score (nSPS) is 15.6. The second-order valence-electron chi connectivity index (χ2n) is 7.32. The molecule has 0 saturated carbocycles. The average molecular weight is 376 g/mol. The van der Waals surface area contributed by atoms with E-state index < -0.39 is 17.9 Å². The molecule has 0 atom stereocenters. The van der Waals surface area contributed by atoms with Crippen LogP contribution >= 0.6 is 0 Å². The summed E-state index contributed by atoms with van der Waals surface area (Å²) in [4.78, 5) is 24.3. The van der Waals surface area contributed by atoms with E-state index in [9.17, 15) is 14.7 Å². The van der Waals surface area contributed by atoms with E-state index in [4.69, 9.17) is 9.47 Å². The van der Waals surface area contributed by atoms with Crippen LogP contribution in [0.4, 0.5) is 0 Å². The van der Waals surface area contributed by atoms with E-state index in [2.05, 4.69) is 6.92 Å². The summed E-state index contributed by atoms with van der Waals surface area (Å²) in [6, 6.07) is 6.27. The molecule has 5 nitrogen and oxygen atoms in total. The predicted molar refractivity (Wildman–Crippen MR) is 103 cm³/mol. The Kier molecular flexibility index (Phi) is 8.79. The second-order valence-corrected chi connectivity index (χ2v) is 7.32. The highest BCUT2D eigenvalue weighted by atomic mass is 16.8. The smallest absolute Gasteiger partial charge is 0.373 e. The third-order valence-electron chi connectivity index (χ3n) is 4.97. The zero-order valence-corrected chi connectivity index (χ0v) is 16.4. The lowest BCUT2D eigenvalue weighted by Crippen LogP contribution is -2.37. The number of rotatable bonds is 12. The lowest BCUT2D eigenvalue weighted by atomic mass is 10.0. The Hall–Kier alpha value is -1.88. The van der Waals surface area contributed by atoms with Crippen molar-refractivity contribution in [3.05, 3.63) is 35.4 Å². The molecule has 1 aliphatic rings. The minimum absolute atomic E-state index is 0.0927. The minimum Gasteiger partial charge on any atom is -0.394 e. The van der Waals surface area contributed by atoms with Gasteiger partial charge in [-0.25, -0.2) is 9.59 Å². The molecule has 2 rings (SSSR count). The molecule has 0 radical (unpaired) electrons. The van der Waals surface area contributed by atoms with Gasteiger partial charge in [0.1, 0.15) is 0 Å². The molecule has 0 amide bonds. The molecule has 0 unspecified atom stereocenters. The van der Waals surface area contributed by atoms with Crippen molar-refractivity contribution in [2.24, 2.45) is 0 Å². The zero-order valence-electron chi connectivity index (χ0n) is 16.4. The Morgan fingerprint density at radius 3 is 1.59 bits per heavy atom. The summed E-state index contributed by atoms with van der Waals surface area (Å²) >= 11 is 0. The van der Waals surface area contributed by atoms with Gasteiger partial charge in [-0.1, -0.05) is 83.3 Å².